The van der Waals surface area contributed by atoms with Crippen molar-refractivity contribution in [2.75, 3.05) is 0 Å². The van der Waals surface area contributed by atoms with E-state index in [9.17, 15) is 0 Å². The minimum atomic E-state index is 0.613. The van der Waals surface area contributed by atoms with E-state index in [-0.39, 0.29) is 0 Å². The fourth-order valence-electron chi connectivity index (χ4n) is 4.27. The molecule has 0 nitrogen and oxygen atoms in total. The Balaban J connectivity index is 2.33. The highest BCUT2D eigenvalue weighted by molar-refractivity contribution is 5.10. The summed E-state index contributed by atoms with van der Waals surface area (Å²) in [7, 11) is 0. The van der Waals surface area contributed by atoms with Gasteiger partial charge in [-0.05, 0) is 47.8 Å². The monoisotopic (exact) mass is 180 g/mol. The third kappa shape index (κ3) is 0.980. The molecule has 0 spiro atoms. The van der Waals surface area contributed by atoms with Crippen LogP contribution in [0.2, 0.25) is 0 Å². The van der Waals surface area contributed by atoms with Crippen LogP contribution in [0, 0.1) is 28.6 Å². The van der Waals surface area contributed by atoms with Gasteiger partial charge in [0.15, 0.2) is 0 Å². The first-order chi connectivity index (χ1) is 5.89. The molecule has 2 bridgehead atoms. The Hall–Kier alpha value is 0. The Morgan fingerprint density at radius 1 is 1.15 bits per heavy atom. The smallest absolute Gasteiger partial charge is 0.0241 e. The summed E-state index contributed by atoms with van der Waals surface area (Å²) in [6.45, 7) is 12.4. The molecule has 0 aromatic rings. The normalized spacial score (nSPS) is 47.5. The molecule has 0 aromatic heterocycles. The molecule has 0 saturated heterocycles. The summed E-state index contributed by atoms with van der Waals surface area (Å²) in [5, 5.41) is 0. The highest BCUT2D eigenvalue weighted by Crippen LogP contribution is 2.69. The predicted octanol–water partition coefficient (Wildman–Crippen LogP) is 4.10. The highest BCUT2D eigenvalue weighted by atomic mass is 14.7. The summed E-state index contributed by atoms with van der Waals surface area (Å²) >= 11 is 0. The molecule has 2 aliphatic carbocycles. The molecule has 0 aromatic carbocycles. The minimum Gasteiger partial charge on any atom is -0.0625 e. The number of hydrogen-bond donors (Lipinski definition) is 0. The Labute approximate surface area is 83.1 Å². The first-order valence-corrected chi connectivity index (χ1v) is 5.89. The molecule has 0 N–H and O–H groups in total. The van der Waals surface area contributed by atoms with Crippen molar-refractivity contribution in [3.63, 3.8) is 0 Å². The molecule has 2 aliphatic rings. The van der Waals surface area contributed by atoms with E-state index in [1.54, 1.807) is 0 Å². The van der Waals surface area contributed by atoms with Crippen molar-refractivity contribution in [1.29, 1.82) is 0 Å². The second-order valence-electron chi connectivity index (χ2n) is 6.46. The average Bonchev–Trinajstić information content (AvgIpc) is 2.34. The van der Waals surface area contributed by atoms with Crippen LogP contribution in [-0.2, 0) is 0 Å². The Morgan fingerprint density at radius 2 is 1.77 bits per heavy atom. The van der Waals surface area contributed by atoms with Crippen molar-refractivity contribution in [2.24, 2.45) is 28.6 Å². The van der Waals surface area contributed by atoms with E-state index in [1.165, 1.54) is 19.3 Å². The minimum absolute atomic E-state index is 0.613. The van der Waals surface area contributed by atoms with Gasteiger partial charge in [0.25, 0.3) is 0 Å². The van der Waals surface area contributed by atoms with Gasteiger partial charge in [-0.25, -0.2) is 0 Å². The van der Waals surface area contributed by atoms with E-state index in [4.69, 9.17) is 0 Å². The van der Waals surface area contributed by atoms with Crippen molar-refractivity contribution in [3.8, 4) is 0 Å². The van der Waals surface area contributed by atoms with Gasteiger partial charge in [-0.3, -0.25) is 0 Å². The van der Waals surface area contributed by atoms with Crippen LogP contribution in [0.1, 0.15) is 53.9 Å². The van der Waals surface area contributed by atoms with Gasteiger partial charge in [0.05, 0.1) is 0 Å². The van der Waals surface area contributed by atoms with Gasteiger partial charge in [-0.1, -0.05) is 34.6 Å². The SMILES string of the molecule is CC(C)[C@H]1C[C@@H]2CC[C@]1(C)C2(C)C. The zero-order valence-corrected chi connectivity index (χ0v) is 9.85. The highest BCUT2D eigenvalue weighted by Gasteiger charge is 2.61. The van der Waals surface area contributed by atoms with E-state index in [1.807, 2.05) is 0 Å². The Bertz CT molecular complexity index is 214. The molecule has 0 radical (unpaired) electrons. The fraction of sp³-hybridized carbons (Fsp3) is 1.00. The number of hydrogen-bond acceptors (Lipinski definition) is 0. The van der Waals surface area contributed by atoms with E-state index >= 15 is 0 Å². The molecule has 13 heavy (non-hydrogen) atoms. The molecular formula is C13H24. The van der Waals surface area contributed by atoms with Crippen molar-refractivity contribution >= 4 is 0 Å². The van der Waals surface area contributed by atoms with Gasteiger partial charge in [-0.15, -0.1) is 0 Å². The maximum atomic E-state index is 2.55. The van der Waals surface area contributed by atoms with Gasteiger partial charge in [-0.2, -0.15) is 0 Å². The lowest BCUT2D eigenvalue weighted by molar-refractivity contribution is 0.0766. The van der Waals surface area contributed by atoms with Crippen LogP contribution in [0.25, 0.3) is 0 Å². The maximum Gasteiger partial charge on any atom is -0.0241 e. The molecule has 3 atom stereocenters. The summed E-state index contributed by atoms with van der Waals surface area (Å²) in [4.78, 5) is 0. The van der Waals surface area contributed by atoms with Crippen LogP contribution < -0.4 is 0 Å². The van der Waals surface area contributed by atoms with E-state index in [2.05, 4.69) is 34.6 Å². The molecular weight excluding hydrogens is 156 g/mol. The molecule has 0 amide bonds. The van der Waals surface area contributed by atoms with E-state index in [0.29, 0.717) is 10.8 Å². The molecule has 76 valence electrons. The summed E-state index contributed by atoms with van der Waals surface area (Å²) < 4.78 is 0. The zero-order chi connectivity index (χ0) is 9.85. The van der Waals surface area contributed by atoms with Crippen molar-refractivity contribution in [3.05, 3.63) is 0 Å². The van der Waals surface area contributed by atoms with E-state index < -0.39 is 0 Å². The number of rotatable bonds is 1. The lowest BCUT2D eigenvalue weighted by Gasteiger charge is -2.41. The van der Waals surface area contributed by atoms with Crippen LogP contribution in [0.15, 0.2) is 0 Å². The third-order valence-electron chi connectivity index (χ3n) is 5.67. The summed E-state index contributed by atoms with van der Waals surface area (Å²) in [6.07, 6.45) is 4.47. The van der Waals surface area contributed by atoms with Gasteiger partial charge >= 0.3 is 0 Å². The second-order valence-corrected chi connectivity index (χ2v) is 6.46. The zero-order valence-electron chi connectivity index (χ0n) is 9.85. The quantitative estimate of drug-likeness (QED) is 0.570. The first kappa shape index (κ1) is 9.55. The summed E-state index contributed by atoms with van der Waals surface area (Å²) in [5.74, 6) is 2.89. The van der Waals surface area contributed by atoms with Crippen LogP contribution in [0.4, 0.5) is 0 Å². The van der Waals surface area contributed by atoms with Gasteiger partial charge in [0.2, 0.25) is 0 Å². The standard InChI is InChI=1S/C13H24/c1-9(2)11-8-10-6-7-13(11,5)12(10,3)4/h9-11H,6-8H2,1-5H3/t10-,11+,13-/m0/s1. The van der Waals surface area contributed by atoms with Gasteiger partial charge < -0.3 is 0 Å². The average molecular weight is 180 g/mol. The van der Waals surface area contributed by atoms with Crippen molar-refractivity contribution < 1.29 is 0 Å². The van der Waals surface area contributed by atoms with Crippen molar-refractivity contribution in [2.45, 2.75) is 53.9 Å². The van der Waals surface area contributed by atoms with Crippen molar-refractivity contribution in [1.82, 2.24) is 0 Å². The second kappa shape index (κ2) is 2.52. The maximum absolute atomic E-state index is 2.55. The third-order valence-corrected chi connectivity index (χ3v) is 5.67. The summed E-state index contributed by atoms with van der Waals surface area (Å²) in [6, 6.07) is 0. The molecule has 0 aliphatic heterocycles. The Kier molecular flexibility index (Phi) is 1.85. The predicted molar refractivity (Wildman–Crippen MR) is 57.6 cm³/mol. The fourth-order valence-corrected chi connectivity index (χ4v) is 4.27. The van der Waals surface area contributed by atoms with E-state index in [0.717, 1.165) is 17.8 Å². The molecule has 2 fully saturated rings. The molecule has 0 heteroatoms. The molecule has 0 unspecified atom stereocenters. The van der Waals surface area contributed by atoms with Crippen LogP contribution >= 0.6 is 0 Å². The number of fused-ring (bicyclic) bond motifs is 2. The summed E-state index contributed by atoms with van der Waals surface area (Å²) in [5.41, 5.74) is 1.26. The lowest BCUT2D eigenvalue weighted by atomic mass is 9.64. The topological polar surface area (TPSA) is 0 Å². The van der Waals surface area contributed by atoms with Crippen LogP contribution in [0.3, 0.4) is 0 Å². The molecule has 2 saturated carbocycles. The van der Waals surface area contributed by atoms with Crippen LogP contribution in [-0.4, -0.2) is 0 Å². The Morgan fingerprint density at radius 3 is 2.00 bits per heavy atom. The first-order valence-electron chi connectivity index (χ1n) is 5.89. The van der Waals surface area contributed by atoms with Gasteiger partial charge in [0.1, 0.15) is 0 Å². The molecule has 0 heterocycles. The molecule has 2 rings (SSSR count). The lowest BCUT2D eigenvalue weighted by Crippen LogP contribution is -2.34. The van der Waals surface area contributed by atoms with Crippen LogP contribution in [0.5, 0.6) is 0 Å². The largest absolute Gasteiger partial charge is 0.0625 e. The van der Waals surface area contributed by atoms with Gasteiger partial charge in [0, 0.05) is 0 Å².